The van der Waals surface area contributed by atoms with Gasteiger partial charge >= 0.3 is 0 Å². The molecule has 1 aliphatic rings. The quantitative estimate of drug-likeness (QED) is 0.0887. The van der Waals surface area contributed by atoms with Gasteiger partial charge in [-0.3, -0.25) is 20.2 Å². The zero-order chi connectivity index (χ0) is 33.2. The SMILES string of the molecule is C=CCCN([C@@H]1C=C[C@@H](N(CCCC(OCC)OCC)S(=O)(=O)c2ccccc2[N+](=O)[O-])C1)S(=O)(=O)c1ccccc1[N+](=O)[O-]. The highest BCUT2D eigenvalue weighted by molar-refractivity contribution is 7.89. The van der Waals surface area contributed by atoms with Crippen LogP contribution in [0.5, 0.6) is 0 Å². The summed E-state index contributed by atoms with van der Waals surface area (Å²) in [7, 11) is -8.89. The zero-order valence-corrected chi connectivity index (χ0v) is 26.8. The molecule has 0 aromatic heterocycles. The molecule has 1 aliphatic carbocycles. The smallest absolute Gasteiger partial charge is 0.289 e. The molecule has 0 radical (unpaired) electrons. The molecule has 45 heavy (non-hydrogen) atoms. The molecule has 0 bridgehead atoms. The van der Waals surface area contributed by atoms with Crippen molar-refractivity contribution in [1.82, 2.24) is 8.61 Å². The third-order valence-corrected chi connectivity index (χ3v) is 11.1. The number of nitro groups is 2. The van der Waals surface area contributed by atoms with E-state index in [0.717, 1.165) is 32.9 Å². The summed E-state index contributed by atoms with van der Waals surface area (Å²) in [6.07, 6.45) is 4.83. The molecule has 0 unspecified atom stereocenters. The van der Waals surface area contributed by atoms with Crippen LogP contribution >= 0.6 is 0 Å². The Kier molecular flexibility index (Phi) is 12.9. The Labute approximate surface area is 263 Å². The maximum absolute atomic E-state index is 14.1. The Morgan fingerprint density at radius 3 is 1.71 bits per heavy atom. The molecule has 14 nitrogen and oxygen atoms in total. The van der Waals surface area contributed by atoms with Crippen LogP contribution in [-0.4, -0.2) is 80.0 Å². The average molecular weight is 667 g/mol. The van der Waals surface area contributed by atoms with Crippen LogP contribution in [0.4, 0.5) is 11.4 Å². The molecule has 16 heteroatoms. The fourth-order valence-electron chi connectivity index (χ4n) is 5.14. The number of nitrogens with zero attached hydrogens (tertiary/aromatic N) is 4. The molecular formula is C29H38N4O10S2. The highest BCUT2D eigenvalue weighted by atomic mass is 32.2. The van der Waals surface area contributed by atoms with Gasteiger partial charge in [0.25, 0.3) is 11.4 Å². The van der Waals surface area contributed by atoms with Crippen LogP contribution in [0, 0.1) is 20.2 Å². The summed E-state index contributed by atoms with van der Waals surface area (Å²) in [6, 6.07) is 8.28. The highest BCUT2D eigenvalue weighted by Crippen LogP contribution is 2.35. The van der Waals surface area contributed by atoms with E-state index in [-0.39, 0.29) is 32.4 Å². The van der Waals surface area contributed by atoms with Gasteiger partial charge < -0.3 is 9.47 Å². The second kappa shape index (κ2) is 16.1. The summed E-state index contributed by atoms with van der Waals surface area (Å²) < 4.78 is 69.2. The third-order valence-electron chi connectivity index (χ3n) is 7.15. The normalized spacial score (nSPS) is 16.9. The lowest BCUT2D eigenvalue weighted by atomic mass is 10.2. The number of sulfonamides is 2. The van der Waals surface area contributed by atoms with Gasteiger partial charge in [-0.1, -0.05) is 42.5 Å². The van der Waals surface area contributed by atoms with Gasteiger partial charge in [0.15, 0.2) is 16.1 Å². The van der Waals surface area contributed by atoms with E-state index in [0.29, 0.717) is 19.6 Å². The van der Waals surface area contributed by atoms with Gasteiger partial charge in [-0.25, -0.2) is 16.8 Å². The van der Waals surface area contributed by atoms with Crippen molar-refractivity contribution in [2.45, 2.75) is 67.7 Å². The predicted molar refractivity (Wildman–Crippen MR) is 166 cm³/mol. The molecule has 0 spiro atoms. The average Bonchev–Trinajstić information content (AvgIpc) is 3.48. The van der Waals surface area contributed by atoms with E-state index >= 15 is 0 Å². The van der Waals surface area contributed by atoms with E-state index in [2.05, 4.69) is 6.58 Å². The van der Waals surface area contributed by atoms with Crippen LogP contribution in [0.1, 0.15) is 39.5 Å². The fraction of sp³-hybridized carbons (Fsp3) is 0.448. The van der Waals surface area contributed by atoms with Crippen molar-refractivity contribution in [2.24, 2.45) is 0 Å². The molecule has 2 aromatic carbocycles. The molecule has 2 aromatic rings. The summed E-state index contributed by atoms with van der Waals surface area (Å²) in [5.74, 6) is 0. The van der Waals surface area contributed by atoms with E-state index in [1.54, 1.807) is 26.0 Å². The van der Waals surface area contributed by atoms with Crippen molar-refractivity contribution < 1.29 is 36.2 Å². The maximum atomic E-state index is 14.1. The molecule has 0 N–H and O–H groups in total. The van der Waals surface area contributed by atoms with Gasteiger partial charge in [0.05, 0.1) is 9.85 Å². The summed E-state index contributed by atoms with van der Waals surface area (Å²) in [6.45, 7) is 7.88. The second-order valence-electron chi connectivity index (χ2n) is 10.00. The minimum Gasteiger partial charge on any atom is -0.353 e. The summed E-state index contributed by atoms with van der Waals surface area (Å²) in [5.41, 5.74) is -1.17. The van der Waals surface area contributed by atoms with Crippen molar-refractivity contribution >= 4 is 31.4 Å². The Morgan fingerprint density at radius 2 is 1.29 bits per heavy atom. The van der Waals surface area contributed by atoms with E-state index < -0.39 is 69.4 Å². The van der Waals surface area contributed by atoms with Crippen LogP contribution in [-0.2, 0) is 29.5 Å². The largest absolute Gasteiger partial charge is 0.353 e. The van der Waals surface area contributed by atoms with Gasteiger partial charge in [0.2, 0.25) is 20.0 Å². The summed E-state index contributed by atoms with van der Waals surface area (Å²) in [5, 5.41) is 23.4. The first kappa shape index (κ1) is 35.9. The Morgan fingerprint density at radius 1 is 0.844 bits per heavy atom. The van der Waals surface area contributed by atoms with E-state index in [1.807, 2.05) is 0 Å². The van der Waals surface area contributed by atoms with E-state index in [1.165, 1.54) is 30.3 Å². The molecule has 3 rings (SSSR count). The van der Waals surface area contributed by atoms with Gasteiger partial charge in [-0.2, -0.15) is 8.61 Å². The van der Waals surface area contributed by atoms with Crippen molar-refractivity contribution in [2.75, 3.05) is 26.3 Å². The number of para-hydroxylation sites is 2. The second-order valence-corrected chi connectivity index (χ2v) is 13.7. The first-order valence-corrected chi connectivity index (χ1v) is 17.3. The van der Waals surface area contributed by atoms with Crippen molar-refractivity contribution in [3.8, 4) is 0 Å². The van der Waals surface area contributed by atoms with Gasteiger partial charge in [-0.05, 0) is 51.7 Å². The van der Waals surface area contributed by atoms with E-state index in [4.69, 9.17) is 9.47 Å². The molecule has 246 valence electrons. The number of benzene rings is 2. The van der Waals surface area contributed by atoms with Gasteiger partial charge in [0, 0.05) is 50.5 Å². The Bertz CT molecular complexity index is 1590. The minimum atomic E-state index is -4.47. The molecule has 0 fully saturated rings. The lowest BCUT2D eigenvalue weighted by Crippen LogP contribution is -2.44. The van der Waals surface area contributed by atoms with Crippen molar-refractivity contribution in [3.05, 3.63) is 93.6 Å². The van der Waals surface area contributed by atoms with Gasteiger partial charge in [0.1, 0.15) is 0 Å². The number of nitro benzene ring substituents is 2. The maximum Gasteiger partial charge on any atom is 0.289 e. The van der Waals surface area contributed by atoms with Crippen LogP contribution in [0.15, 0.2) is 83.1 Å². The minimum absolute atomic E-state index is 0.0305. The molecule has 0 amide bonds. The van der Waals surface area contributed by atoms with Crippen molar-refractivity contribution in [1.29, 1.82) is 0 Å². The standard InChI is InChI=1S/C29H38N4O10S2/c1-4-7-20-30(44(38,39)27-15-10-8-13-25(27)32(34)35)23-18-19-24(22-23)31(21-12-17-29(42-5-2)43-6-3)45(40,41)28-16-11-9-14-26(28)33(36)37/h4,8-11,13-16,18-19,23-24,29H,1,5-7,12,17,20-22H2,2-3H3/t23-,24-/m1/s1. The lowest BCUT2D eigenvalue weighted by Gasteiger charge is -2.31. The first-order chi connectivity index (χ1) is 21.4. The zero-order valence-electron chi connectivity index (χ0n) is 25.1. The van der Waals surface area contributed by atoms with Crippen LogP contribution < -0.4 is 0 Å². The monoisotopic (exact) mass is 666 g/mol. The van der Waals surface area contributed by atoms with Crippen molar-refractivity contribution in [3.63, 3.8) is 0 Å². The molecule has 0 saturated heterocycles. The molecule has 2 atom stereocenters. The predicted octanol–water partition coefficient (Wildman–Crippen LogP) is 4.64. The molecule has 0 aliphatic heterocycles. The number of rotatable bonds is 19. The molecule has 0 saturated carbocycles. The Balaban J connectivity index is 2.00. The lowest BCUT2D eigenvalue weighted by molar-refractivity contribution is -0.388. The summed E-state index contributed by atoms with van der Waals surface area (Å²) in [4.78, 5) is 20.9. The number of hydrogen-bond donors (Lipinski definition) is 0. The van der Waals surface area contributed by atoms with Crippen LogP contribution in [0.2, 0.25) is 0 Å². The Hall–Kier alpha value is -3.54. The molecule has 0 heterocycles. The first-order valence-electron chi connectivity index (χ1n) is 14.4. The fourth-order valence-corrected chi connectivity index (χ4v) is 8.70. The van der Waals surface area contributed by atoms with Crippen LogP contribution in [0.25, 0.3) is 0 Å². The highest BCUT2D eigenvalue weighted by Gasteiger charge is 2.41. The summed E-state index contributed by atoms with van der Waals surface area (Å²) >= 11 is 0. The van der Waals surface area contributed by atoms with Crippen LogP contribution in [0.3, 0.4) is 0 Å². The topological polar surface area (TPSA) is 179 Å². The third kappa shape index (κ3) is 8.59. The van der Waals surface area contributed by atoms with Gasteiger partial charge in [-0.15, -0.1) is 6.58 Å². The van der Waals surface area contributed by atoms with E-state index in [9.17, 15) is 37.1 Å². The number of ether oxygens (including phenoxy) is 2. The molecular weight excluding hydrogens is 628 g/mol. The number of hydrogen-bond acceptors (Lipinski definition) is 10.